The normalized spacial score (nSPS) is 21.1. The van der Waals surface area contributed by atoms with Gasteiger partial charge in [0, 0.05) is 25.7 Å². The summed E-state index contributed by atoms with van der Waals surface area (Å²) in [5, 5.41) is 0.104. The zero-order chi connectivity index (χ0) is 26.0. The second-order valence-electron chi connectivity index (χ2n) is 13.0. The van der Waals surface area contributed by atoms with Crippen LogP contribution in [0.15, 0.2) is 0 Å². The molecule has 0 spiro atoms. The van der Waals surface area contributed by atoms with Gasteiger partial charge in [-0.25, -0.2) is 9.59 Å². The van der Waals surface area contributed by atoms with Crippen LogP contribution in [0.2, 0.25) is 18.1 Å². The Morgan fingerprint density at radius 3 is 1.97 bits per heavy atom. The Morgan fingerprint density at radius 1 is 1.00 bits per heavy atom. The van der Waals surface area contributed by atoms with E-state index in [0.29, 0.717) is 6.54 Å². The summed E-state index contributed by atoms with van der Waals surface area (Å²) in [5.74, 6) is 0. The van der Waals surface area contributed by atoms with Gasteiger partial charge in [-0.2, -0.15) is 0 Å². The first kappa shape index (κ1) is 29.7. The van der Waals surface area contributed by atoms with Crippen molar-refractivity contribution in [3.8, 4) is 0 Å². The molecule has 0 aromatic carbocycles. The lowest BCUT2D eigenvalue weighted by Gasteiger charge is -2.38. The highest BCUT2D eigenvalue weighted by Gasteiger charge is 2.44. The van der Waals surface area contributed by atoms with Gasteiger partial charge in [0.15, 0.2) is 8.32 Å². The van der Waals surface area contributed by atoms with Crippen LogP contribution in [-0.4, -0.2) is 73.3 Å². The van der Waals surface area contributed by atoms with Crippen molar-refractivity contribution in [1.82, 2.24) is 9.80 Å². The number of rotatable bonds is 6. The first-order valence-corrected chi connectivity index (χ1v) is 15.2. The molecule has 0 aromatic rings. The molecule has 7 nitrogen and oxygen atoms in total. The summed E-state index contributed by atoms with van der Waals surface area (Å²) in [5.41, 5.74) is -1.08. The van der Waals surface area contributed by atoms with E-state index in [2.05, 4.69) is 33.9 Å². The molecule has 0 radical (unpaired) electrons. The standard InChI is InChI=1S/C25H50N2O5Si/c1-18(26(11)21(28)30-23(2,3)4)14-15-19-16-20(32-33(12,13)25(8,9)10)17-27(19)22(29)31-24(5,6)7/h18-20H,14-17H2,1-13H3/t18?,19-,20-/m1/s1. The van der Waals surface area contributed by atoms with Crippen molar-refractivity contribution in [2.45, 2.75) is 136 Å². The maximum absolute atomic E-state index is 13.0. The molecule has 0 N–H and O–H groups in total. The predicted octanol–water partition coefficient (Wildman–Crippen LogP) is 6.42. The van der Waals surface area contributed by atoms with Crippen LogP contribution >= 0.6 is 0 Å². The van der Waals surface area contributed by atoms with Gasteiger partial charge in [-0.3, -0.25) is 0 Å². The van der Waals surface area contributed by atoms with Crippen LogP contribution in [0, 0.1) is 0 Å². The highest BCUT2D eigenvalue weighted by atomic mass is 28.4. The van der Waals surface area contributed by atoms with Crippen molar-refractivity contribution in [2.24, 2.45) is 0 Å². The fourth-order valence-electron chi connectivity index (χ4n) is 3.51. The highest BCUT2D eigenvalue weighted by Crippen LogP contribution is 2.39. The molecule has 2 amide bonds. The van der Waals surface area contributed by atoms with Gasteiger partial charge >= 0.3 is 12.2 Å². The molecule has 0 bridgehead atoms. The van der Waals surface area contributed by atoms with E-state index in [1.807, 2.05) is 53.4 Å². The maximum Gasteiger partial charge on any atom is 0.410 e. The number of hydrogen-bond donors (Lipinski definition) is 0. The monoisotopic (exact) mass is 486 g/mol. The van der Waals surface area contributed by atoms with Crippen LogP contribution in [0.4, 0.5) is 9.59 Å². The molecule has 1 heterocycles. The van der Waals surface area contributed by atoms with Crippen LogP contribution in [0.1, 0.15) is 88.5 Å². The molecule has 194 valence electrons. The topological polar surface area (TPSA) is 68.3 Å². The molecule has 1 unspecified atom stereocenters. The summed E-state index contributed by atoms with van der Waals surface area (Å²) in [6, 6.07) is 0.00445. The third-order valence-electron chi connectivity index (χ3n) is 6.53. The average Bonchev–Trinajstić information content (AvgIpc) is 2.97. The third kappa shape index (κ3) is 9.47. The van der Waals surface area contributed by atoms with Gasteiger partial charge in [0.05, 0.1) is 6.10 Å². The number of nitrogens with zero attached hydrogens (tertiary/aromatic N) is 2. The predicted molar refractivity (Wildman–Crippen MR) is 136 cm³/mol. The molecule has 8 heteroatoms. The van der Waals surface area contributed by atoms with Gasteiger partial charge in [-0.1, -0.05) is 20.8 Å². The molecule has 33 heavy (non-hydrogen) atoms. The zero-order valence-electron chi connectivity index (χ0n) is 23.5. The van der Waals surface area contributed by atoms with Gasteiger partial charge in [-0.05, 0) is 85.9 Å². The van der Waals surface area contributed by atoms with Crippen molar-refractivity contribution in [2.75, 3.05) is 13.6 Å². The second-order valence-corrected chi connectivity index (χ2v) is 17.8. The number of hydrogen-bond acceptors (Lipinski definition) is 5. The van der Waals surface area contributed by atoms with E-state index in [9.17, 15) is 9.59 Å². The molecule has 3 atom stereocenters. The van der Waals surface area contributed by atoms with E-state index in [-0.39, 0.29) is 35.4 Å². The fraction of sp³-hybridized carbons (Fsp3) is 0.920. The molecule has 1 aliphatic heterocycles. The lowest BCUT2D eigenvalue weighted by molar-refractivity contribution is 0.0162. The van der Waals surface area contributed by atoms with Gasteiger partial charge in [0.2, 0.25) is 0 Å². The number of carbonyl (C=O) groups is 2. The molecule has 1 rings (SSSR count). The maximum atomic E-state index is 13.0. The molecule has 0 saturated carbocycles. The lowest BCUT2D eigenvalue weighted by Crippen LogP contribution is -2.45. The Kier molecular flexibility index (Phi) is 9.51. The van der Waals surface area contributed by atoms with Crippen LogP contribution < -0.4 is 0 Å². The Balaban J connectivity index is 2.90. The van der Waals surface area contributed by atoms with Gasteiger partial charge < -0.3 is 23.7 Å². The molecule has 0 aliphatic carbocycles. The third-order valence-corrected chi connectivity index (χ3v) is 11.1. The fourth-order valence-corrected chi connectivity index (χ4v) is 4.87. The van der Waals surface area contributed by atoms with Crippen molar-refractivity contribution in [3.63, 3.8) is 0 Å². The first-order chi connectivity index (χ1) is 14.6. The van der Waals surface area contributed by atoms with E-state index >= 15 is 0 Å². The minimum atomic E-state index is -1.96. The number of carbonyl (C=O) groups excluding carboxylic acids is 2. The van der Waals surface area contributed by atoms with E-state index in [1.165, 1.54) is 0 Å². The zero-order valence-corrected chi connectivity index (χ0v) is 24.5. The number of likely N-dealkylation sites (tertiary alicyclic amines) is 1. The van der Waals surface area contributed by atoms with Crippen LogP contribution in [0.25, 0.3) is 0 Å². The molecular weight excluding hydrogens is 436 g/mol. The highest BCUT2D eigenvalue weighted by molar-refractivity contribution is 6.74. The lowest BCUT2D eigenvalue weighted by atomic mass is 10.0. The summed E-state index contributed by atoms with van der Waals surface area (Å²) in [4.78, 5) is 28.9. The first-order valence-electron chi connectivity index (χ1n) is 12.3. The minimum Gasteiger partial charge on any atom is -0.444 e. The largest absolute Gasteiger partial charge is 0.444 e. The van der Waals surface area contributed by atoms with Crippen molar-refractivity contribution < 1.29 is 23.5 Å². The van der Waals surface area contributed by atoms with Gasteiger partial charge in [0.1, 0.15) is 11.2 Å². The van der Waals surface area contributed by atoms with Crippen LogP contribution in [0.3, 0.4) is 0 Å². The molecular formula is C25H50N2O5Si. The molecule has 1 fully saturated rings. The minimum absolute atomic E-state index is 0.00213. The summed E-state index contributed by atoms with van der Waals surface area (Å²) in [6.07, 6.45) is 1.69. The van der Waals surface area contributed by atoms with E-state index in [4.69, 9.17) is 13.9 Å². The van der Waals surface area contributed by atoms with E-state index in [1.54, 1.807) is 11.9 Å². The summed E-state index contributed by atoms with van der Waals surface area (Å²) < 4.78 is 17.9. The van der Waals surface area contributed by atoms with Crippen LogP contribution in [-0.2, 0) is 13.9 Å². The Labute approximate surface area is 203 Å². The van der Waals surface area contributed by atoms with E-state index in [0.717, 1.165) is 19.3 Å². The van der Waals surface area contributed by atoms with E-state index < -0.39 is 19.5 Å². The van der Waals surface area contributed by atoms with Crippen LogP contribution in [0.5, 0.6) is 0 Å². The summed E-state index contributed by atoms with van der Waals surface area (Å²) in [6.45, 7) is 25.0. The Morgan fingerprint density at radius 2 is 1.52 bits per heavy atom. The van der Waals surface area contributed by atoms with Gasteiger partial charge in [0.25, 0.3) is 0 Å². The van der Waals surface area contributed by atoms with Gasteiger partial charge in [-0.15, -0.1) is 0 Å². The van der Waals surface area contributed by atoms with Crippen molar-refractivity contribution in [1.29, 1.82) is 0 Å². The molecule has 1 saturated heterocycles. The smallest absolute Gasteiger partial charge is 0.410 e. The van der Waals surface area contributed by atoms with Crippen molar-refractivity contribution >= 4 is 20.5 Å². The average molecular weight is 487 g/mol. The summed E-state index contributed by atoms with van der Waals surface area (Å²) in [7, 11) is -0.193. The number of ether oxygens (including phenoxy) is 2. The number of amides is 2. The summed E-state index contributed by atoms with van der Waals surface area (Å²) >= 11 is 0. The SMILES string of the molecule is CC(CC[C@@H]1C[C@@H](O[Si](C)(C)C(C)(C)C)CN1C(=O)OC(C)(C)C)N(C)C(=O)OC(C)(C)C. The Hall–Kier alpha value is -1.28. The van der Waals surface area contributed by atoms with Crippen molar-refractivity contribution in [3.05, 3.63) is 0 Å². The second kappa shape index (κ2) is 10.5. The Bertz CT molecular complexity index is 676. The molecule has 1 aliphatic rings. The quantitative estimate of drug-likeness (QED) is 0.405. The molecule has 0 aromatic heterocycles.